The first-order chi connectivity index (χ1) is 8.29. The summed E-state index contributed by atoms with van der Waals surface area (Å²) >= 11 is 0. The van der Waals surface area contributed by atoms with Crippen molar-refractivity contribution in [3.63, 3.8) is 0 Å². The summed E-state index contributed by atoms with van der Waals surface area (Å²) in [5.41, 5.74) is 0.786. The summed E-state index contributed by atoms with van der Waals surface area (Å²) in [5.74, 6) is -0.378. The molecule has 1 atom stereocenters. The number of ether oxygens (including phenoxy) is 1. The maximum absolute atomic E-state index is 13.5. The van der Waals surface area contributed by atoms with Gasteiger partial charge in [-0.1, -0.05) is 0 Å². The zero-order valence-electron chi connectivity index (χ0n) is 9.58. The van der Waals surface area contributed by atoms with Crippen LogP contribution in [0.25, 0.3) is 0 Å². The zero-order chi connectivity index (χ0) is 12.1. The number of hydrogen-bond acceptors (Lipinski definition) is 3. The Morgan fingerprint density at radius 2 is 2.41 bits per heavy atom. The topological polar surface area (TPSA) is 45.0 Å². The smallest absolute Gasteiger partial charge is 0.147 e. The average Bonchev–Trinajstić information content (AvgIpc) is 2.84. The molecule has 0 radical (unpaired) electrons. The highest BCUT2D eigenvalue weighted by Crippen LogP contribution is 2.18. The molecule has 0 aliphatic carbocycles. The van der Waals surface area contributed by atoms with Gasteiger partial charge in [0.25, 0.3) is 0 Å². The summed E-state index contributed by atoms with van der Waals surface area (Å²) in [6, 6.07) is 6.36. The average molecular weight is 234 g/mol. The molecule has 0 amide bonds. The van der Waals surface area contributed by atoms with Crippen molar-refractivity contribution in [1.82, 2.24) is 0 Å². The first kappa shape index (κ1) is 11.9. The molecule has 1 aromatic rings. The molecule has 1 aliphatic heterocycles. The van der Waals surface area contributed by atoms with Gasteiger partial charge in [0, 0.05) is 13.2 Å². The van der Waals surface area contributed by atoms with Crippen LogP contribution in [0.5, 0.6) is 0 Å². The summed E-state index contributed by atoms with van der Waals surface area (Å²) < 4.78 is 19.0. The van der Waals surface area contributed by atoms with Gasteiger partial charge in [0.05, 0.1) is 23.4 Å². The molecule has 1 unspecified atom stereocenters. The van der Waals surface area contributed by atoms with E-state index in [1.165, 1.54) is 6.07 Å². The van der Waals surface area contributed by atoms with Crippen LogP contribution in [0.1, 0.15) is 24.8 Å². The number of nitrogens with one attached hydrogen (secondary N) is 1. The molecule has 1 fully saturated rings. The van der Waals surface area contributed by atoms with Crippen molar-refractivity contribution in [2.45, 2.75) is 25.4 Å². The number of nitriles is 1. The Morgan fingerprint density at radius 1 is 1.53 bits per heavy atom. The van der Waals surface area contributed by atoms with Crippen molar-refractivity contribution in [1.29, 1.82) is 5.26 Å². The van der Waals surface area contributed by atoms with Gasteiger partial charge < -0.3 is 10.1 Å². The number of anilines is 1. The molecular formula is C13H15FN2O. The van der Waals surface area contributed by atoms with E-state index in [9.17, 15) is 4.39 Å². The van der Waals surface area contributed by atoms with Gasteiger partial charge in [0.2, 0.25) is 0 Å². The predicted octanol–water partition coefficient (Wildman–Crippen LogP) is 2.68. The molecule has 1 heterocycles. The van der Waals surface area contributed by atoms with Gasteiger partial charge in [0.1, 0.15) is 5.82 Å². The van der Waals surface area contributed by atoms with E-state index in [4.69, 9.17) is 10.00 Å². The van der Waals surface area contributed by atoms with Crippen LogP contribution in [0.2, 0.25) is 0 Å². The van der Waals surface area contributed by atoms with Gasteiger partial charge in [-0.25, -0.2) is 4.39 Å². The van der Waals surface area contributed by atoms with E-state index >= 15 is 0 Å². The van der Waals surface area contributed by atoms with Crippen molar-refractivity contribution in [3.8, 4) is 6.07 Å². The number of benzene rings is 1. The zero-order valence-corrected chi connectivity index (χ0v) is 9.58. The number of hydrogen-bond donors (Lipinski definition) is 1. The van der Waals surface area contributed by atoms with E-state index in [1.807, 2.05) is 6.07 Å². The third kappa shape index (κ3) is 3.18. The third-order valence-electron chi connectivity index (χ3n) is 2.90. The Morgan fingerprint density at radius 3 is 3.06 bits per heavy atom. The Kier molecular flexibility index (Phi) is 3.94. The highest BCUT2D eigenvalue weighted by atomic mass is 19.1. The summed E-state index contributed by atoms with van der Waals surface area (Å²) in [5, 5.41) is 11.6. The minimum Gasteiger partial charge on any atom is -0.383 e. The van der Waals surface area contributed by atoms with Gasteiger partial charge in [-0.15, -0.1) is 0 Å². The van der Waals surface area contributed by atoms with Crippen LogP contribution in [0.4, 0.5) is 10.1 Å². The number of halogens is 1. The lowest BCUT2D eigenvalue weighted by Gasteiger charge is -2.11. The minimum absolute atomic E-state index is 0.309. The molecule has 17 heavy (non-hydrogen) atoms. The highest BCUT2D eigenvalue weighted by Gasteiger charge is 2.14. The second-order valence-electron chi connectivity index (χ2n) is 4.16. The fourth-order valence-corrected chi connectivity index (χ4v) is 1.97. The van der Waals surface area contributed by atoms with Crippen LogP contribution in [0.15, 0.2) is 18.2 Å². The molecule has 90 valence electrons. The first-order valence-corrected chi connectivity index (χ1v) is 5.85. The Balaban J connectivity index is 1.84. The van der Waals surface area contributed by atoms with Crippen molar-refractivity contribution >= 4 is 5.69 Å². The lowest BCUT2D eigenvalue weighted by Crippen LogP contribution is -2.13. The summed E-state index contributed by atoms with van der Waals surface area (Å²) in [4.78, 5) is 0. The van der Waals surface area contributed by atoms with Crippen LogP contribution < -0.4 is 5.32 Å². The van der Waals surface area contributed by atoms with E-state index < -0.39 is 0 Å². The minimum atomic E-state index is -0.378. The maximum atomic E-state index is 13.5. The second kappa shape index (κ2) is 5.65. The van der Waals surface area contributed by atoms with Gasteiger partial charge in [-0.2, -0.15) is 5.26 Å². The highest BCUT2D eigenvalue weighted by molar-refractivity contribution is 5.48. The van der Waals surface area contributed by atoms with Crippen LogP contribution in [0.3, 0.4) is 0 Å². The molecule has 1 aromatic carbocycles. The normalized spacial score (nSPS) is 18.9. The van der Waals surface area contributed by atoms with Crippen molar-refractivity contribution in [3.05, 3.63) is 29.6 Å². The van der Waals surface area contributed by atoms with Gasteiger partial charge in [-0.3, -0.25) is 0 Å². The van der Waals surface area contributed by atoms with Gasteiger partial charge in [-0.05, 0) is 37.5 Å². The van der Waals surface area contributed by atoms with Crippen LogP contribution in [0, 0.1) is 17.1 Å². The summed E-state index contributed by atoms with van der Waals surface area (Å²) in [6.45, 7) is 1.53. The van der Waals surface area contributed by atoms with E-state index in [0.717, 1.165) is 25.9 Å². The predicted molar refractivity (Wildman–Crippen MR) is 63.2 cm³/mol. The molecule has 1 N–H and O–H groups in total. The van der Waals surface area contributed by atoms with Crippen molar-refractivity contribution < 1.29 is 9.13 Å². The number of rotatable bonds is 4. The SMILES string of the molecule is N#Cc1ccc(NCCC2CCCO2)c(F)c1. The largest absolute Gasteiger partial charge is 0.383 e. The molecule has 0 spiro atoms. The van der Waals surface area contributed by atoms with Crippen LogP contribution in [-0.4, -0.2) is 19.3 Å². The second-order valence-corrected chi connectivity index (χ2v) is 4.16. The van der Waals surface area contributed by atoms with Crippen LogP contribution >= 0.6 is 0 Å². The molecule has 0 aromatic heterocycles. The Hall–Kier alpha value is -1.60. The van der Waals surface area contributed by atoms with E-state index in [2.05, 4.69) is 5.32 Å². The molecule has 0 bridgehead atoms. The standard InChI is InChI=1S/C13H15FN2O/c14-12-8-10(9-15)3-4-13(12)16-6-5-11-2-1-7-17-11/h3-4,8,11,16H,1-2,5-7H2. The quantitative estimate of drug-likeness (QED) is 0.871. The Labute approximate surface area is 100 Å². The summed E-state index contributed by atoms with van der Waals surface area (Å²) in [6.07, 6.45) is 3.41. The molecular weight excluding hydrogens is 219 g/mol. The van der Waals surface area contributed by atoms with Crippen molar-refractivity contribution in [2.24, 2.45) is 0 Å². The third-order valence-corrected chi connectivity index (χ3v) is 2.90. The molecule has 1 aliphatic rings. The molecule has 3 nitrogen and oxygen atoms in total. The Bertz CT molecular complexity index is 422. The van der Waals surface area contributed by atoms with Gasteiger partial charge >= 0.3 is 0 Å². The lowest BCUT2D eigenvalue weighted by molar-refractivity contribution is 0.107. The molecule has 0 saturated carbocycles. The van der Waals surface area contributed by atoms with Crippen LogP contribution in [-0.2, 0) is 4.74 Å². The lowest BCUT2D eigenvalue weighted by atomic mass is 10.1. The molecule has 1 saturated heterocycles. The number of nitrogens with zero attached hydrogens (tertiary/aromatic N) is 1. The molecule has 4 heteroatoms. The maximum Gasteiger partial charge on any atom is 0.147 e. The van der Waals surface area contributed by atoms with E-state index in [-0.39, 0.29) is 5.82 Å². The van der Waals surface area contributed by atoms with E-state index in [0.29, 0.717) is 23.9 Å². The van der Waals surface area contributed by atoms with Gasteiger partial charge in [0.15, 0.2) is 0 Å². The monoisotopic (exact) mass is 234 g/mol. The first-order valence-electron chi connectivity index (χ1n) is 5.85. The van der Waals surface area contributed by atoms with Crippen molar-refractivity contribution in [2.75, 3.05) is 18.5 Å². The summed E-state index contributed by atoms with van der Waals surface area (Å²) in [7, 11) is 0. The fourth-order valence-electron chi connectivity index (χ4n) is 1.97. The molecule has 2 rings (SSSR count). The fraction of sp³-hybridized carbons (Fsp3) is 0.462. The van der Waals surface area contributed by atoms with E-state index in [1.54, 1.807) is 12.1 Å².